The first-order valence-electron chi connectivity index (χ1n) is 8.73. The number of hydrogen-bond donors (Lipinski definition) is 0. The Kier molecular flexibility index (Phi) is 11.0. The maximum absolute atomic E-state index is 11.2. The third-order valence-electron chi connectivity index (χ3n) is 4.07. The lowest BCUT2D eigenvalue weighted by Crippen LogP contribution is -2.35. The van der Waals surface area contributed by atoms with Gasteiger partial charge in [-0.2, -0.15) is 0 Å². The fourth-order valence-electron chi connectivity index (χ4n) is 2.51. The molecule has 0 aliphatic carbocycles. The minimum absolute atomic E-state index is 0.263. The molecule has 3 unspecified atom stereocenters. The maximum Gasteiger partial charge on any atom is 0.303 e. The molecule has 0 N–H and O–H groups in total. The van der Waals surface area contributed by atoms with E-state index in [1.54, 1.807) is 0 Å². The van der Waals surface area contributed by atoms with E-state index in [0.29, 0.717) is 6.42 Å². The number of allylic oxidation sites excluding steroid dienone is 4. The number of hydrogen-bond acceptors (Lipinski definition) is 4. The summed E-state index contributed by atoms with van der Waals surface area (Å²) < 4.78 is 5.14. The largest absolute Gasteiger partial charge is 0.455 e. The zero-order chi connectivity index (χ0) is 18.7. The quantitative estimate of drug-likeness (QED) is 0.228. The average Bonchev–Trinajstić information content (AvgIpc) is 2.44. The van der Waals surface area contributed by atoms with Crippen LogP contribution in [-0.4, -0.2) is 23.0 Å². The summed E-state index contributed by atoms with van der Waals surface area (Å²) in [6, 6.07) is -0.877. The second-order valence-corrected chi connectivity index (χ2v) is 6.96. The summed E-state index contributed by atoms with van der Waals surface area (Å²) in [5, 5.41) is 11.0. The van der Waals surface area contributed by atoms with Crippen molar-refractivity contribution in [2.75, 3.05) is 0 Å². The lowest BCUT2D eigenvalue weighted by atomic mass is 9.94. The molecule has 5 nitrogen and oxygen atoms in total. The third kappa shape index (κ3) is 11.0. The Balaban J connectivity index is 4.37. The van der Waals surface area contributed by atoms with Crippen LogP contribution in [0.15, 0.2) is 23.3 Å². The number of nitrogens with zero attached hydrogens (tertiary/aromatic N) is 1. The molecule has 0 amide bonds. The molecule has 0 aliphatic heterocycles. The van der Waals surface area contributed by atoms with E-state index in [2.05, 4.69) is 39.8 Å². The Labute approximate surface area is 146 Å². The van der Waals surface area contributed by atoms with Crippen LogP contribution < -0.4 is 0 Å². The van der Waals surface area contributed by atoms with Gasteiger partial charge in [0, 0.05) is 18.8 Å². The molecule has 5 heteroatoms. The van der Waals surface area contributed by atoms with E-state index in [1.807, 2.05) is 0 Å². The summed E-state index contributed by atoms with van der Waals surface area (Å²) in [6.45, 7) is 11.2. The Morgan fingerprint density at radius 2 is 1.75 bits per heavy atom. The first kappa shape index (κ1) is 22.4. The fourth-order valence-corrected chi connectivity index (χ4v) is 2.51. The van der Waals surface area contributed by atoms with Crippen molar-refractivity contribution in [1.29, 1.82) is 0 Å². The smallest absolute Gasteiger partial charge is 0.303 e. The zero-order valence-electron chi connectivity index (χ0n) is 16.0. The molecular weight excluding hydrogens is 306 g/mol. The van der Waals surface area contributed by atoms with Crippen molar-refractivity contribution in [2.45, 2.75) is 85.8 Å². The van der Waals surface area contributed by atoms with Crippen molar-refractivity contribution in [3.05, 3.63) is 33.4 Å². The predicted octanol–water partition coefficient (Wildman–Crippen LogP) is 5.08. The minimum Gasteiger partial charge on any atom is -0.455 e. The van der Waals surface area contributed by atoms with Gasteiger partial charge in [0.2, 0.25) is 6.04 Å². The van der Waals surface area contributed by atoms with Crippen LogP contribution in [-0.2, 0) is 9.53 Å². The Bertz CT molecular complexity index is 464. The monoisotopic (exact) mass is 339 g/mol. The molecule has 3 atom stereocenters. The zero-order valence-corrected chi connectivity index (χ0v) is 16.0. The van der Waals surface area contributed by atoms with Crippen LogP contribution in [0.2, 0.25) is 0 Å². The van der Waals surface area contributed by atoms with Crippen molar-refractivity contribution in [2.24, 2.45) is 5.92 Å². The number of esters is 1. The van der Waals surface area contributed by atoms with Crippen LogP contribution >= 0.6 is 0 Å². The van der Waals surface area contributed by atoms with E-state index in [0.717, 1.165) is 25.7 Å². The molecule has 0 saturated heterocycles. The summed E-state index contributed by atoms with van der Waals surface area (Å²) in [7, 11) is 0. The van der Waals surface area contributed by atoms with Crippen LogP contribution in [0.1, 0.15) is 73.6 Å². The number of carbonyl (C=O) groups is 1. The average molecular weight is 339 g/mol. The summed E-state index contributed by atoms with van der Waals surface area (Å²) >= 11 is 0. The lowest BCUT2D eigenvalue weighted by molar-refractivity contribution is -0.529. The second-order valence-electron chi connectivity index (χ2n) is 6.96. The van der Waals surface area contributed by atoms with Gasteiger partial charge in [0.05, 0.1) is 0 Å². The van der Waals surface area contributed by atoms with Crippen molar-refractivity contribution in [3.8, 4) is 0 Å². The molecule has 0 radical (unpaired) electrons. The van der Waals surface area contributed by atoms with Gasteiger partial charge in [-0.1, -0.05) is 30.2 Å². The number of rotatable bonds is 11. The molecule has 0 rings (SSSR count). The number of nitro groups is 1. The second kappa shape index (κ2) is 11.8. The van der Waals surface area contributed by atoms with Crippen molar-refractivity contribution in [3.63, 3.8) is 0 Å². The van der Waals surface area contributed by atoms with Crippen molar-refractivity contribution in [1.82, 2.24) is 0 Å². The fraction of sp³-hybridized carbons (Fsp3) is 0.737. The van der Waals surface area contributed by atoms with Crippen LogP contribution in [0, 0.1) is 16.0 Å². The molecule has 0 bridgehead atoms. The summed E-state index contributed by atoms with van der Waals surface area (Å²) in [5.41, 5.74) is 2.71. The number of carbonyl (C=O) groups excluding carboxylic acids is 1. The van der Waals surface area contributed by atoms with E-state index < -0.39 is 18.1 Å². The SMILES string of the molecule is CC(=O)OC(CC(C)CCC=C(C)CCC=C(C)C)C(C)[N+](=O)[O-]. The molecular formula is C19H33NO4. The van der Waals surface area contributed by atoms with Gasteiger partial charge in [-0.15, -0.1) is 0 Å². The summed E-state index contributed by atoms with van der Waals surface area (Å²) in [4.78, 5) is 21.7. The van der Waals surface area contributed by atoms with E-state index >= 15 is 0 Å². The van der Waals surface area contributed by atoms with Gasteiger partial charge in [-0.25, -0.2) is 0 Å². The van der Waals surface area contributed by atoms with Gasteiger partial charge in [0.15, 0.2) is 6.10 Å². The highest BCUT2D eigenvalue weighted by Gasteiger charge is 2.30. The normalized spacial score (nSPS) is 15.3. The molecule has 0 aliphatic rings. The molecule has 0 aromatic carbocycles. The topological polar surface area (TPSA) is 69.4 Å². The van der Waals surface area contributed by atoms with E-state index in [9.17, 15) is 14.9 Å². The molecule has 0 aromatic rings. The maximum atomic E-state index is 11.2. The van der Waals surface area contributed by atoms with Crippen LogP contribution in [0.25, 0.3) is 0 Å². The first-order chi connectivity index (χ1) is 11.1. The van der Waals surface area contributed by atoms with E-state index in [1.165, 1.54) is 25.0 Å². The standard InChI is InChI=1S/C19H33NO4/c1-14(2)9-7-10-15(3)11-8-12-16(4)13-19(24-18(6)21)17(5)20(22)23/h9,11,16-17,19H,7-8,10,12-13H2,1-6H3. The van der Waals surface area contributed by atoms with Crippen LogP contribution in [0.5, 0.6) is 0 Å². The van der Waals surface area contributed by atoms with Gasteiger partial charge in [0.1, 0.15) is 0 Å². The Morgan fingerprint density at radius 1 is 1.12 bits per heavy atom. The van der Waals surface area contributed by atoms with Crippen molar-refractivity contribution >= 4 is 5.97 Å². The highest BCUT2D eigenvalue weighted by molar-refractivity contribution is 5.66. The van der Waals surface area contributed by atoms with Crippen LogP contribution in [0.3, 0.4) is 0 Å². The van der Waals surface area contributed by atoms with Gasteiger partial charge in [0.25, 0.3) is 0 Å². The Hall–Kier alpha value is -1.65. The molecule has 24 heavy (non-hydrogen) atoms. The van der Waals surface area contributed by atoms with Gasteiger partial charge >= 0.3 is 5.97 Å². The molecule has 0 aromatic heterocycles. The lowest BCUT2D eigenvalue weighted by Gasteiger charge is -2.21. The molecule has 138 valence electrons. The van der Waals surface area contributed by atoms with E-state index in [4.69, 9.17) is 4.74 Å². The van der Waals surface area contributed by atoms with Gasteiger partial charge in [-0.3, -0.25) is 14.9 Å². The van der Waals surface area contributed by atoms with Gasteiger partial charge < -0.3 is 4.74 Å². The summed E-state index contributed by atoms with van der Waals surface area (Å²) in [5.74, 6) is -0.200. The highest BCUT2D eigenvalue weighted by Crippen LogP contribution is 2.20. The highest BCUT2D eigenvalue weighted by atomic mass is 16.6. The Morgan fingerprint density at radius 3 is 2.25 bits per heavy atom. The summed E-state index contributed by atoms with van der Waals surface area (Å²) in [6.07, 6.45) is 8.35. The van der Waals surface area contributed by atoms with E-state index in [-0.39, 0.29) is 10.8 Å². The molecule has 0 spiro atoms. The third-order valence-corrected chi connectivity index (χ3v) is 4.07. The minimum atomic E-state index is -0.877. The first-order valence-corrected chi connectivity index (χ1v) is 8.73. The molecule has 0 saturated carbocycles. The number of ether oxygens (including phenoxy) is 1. The molecule has 0 fully saturated rings. The molecule has 0 heterocycles. The predicted molar refractivity (Wildman–Crippen MR) is 97.4 cm³/mol. The van der Waals surface area contributed by atoms with Crippen LogP contribution in [0.4, 0.5) is 0 Å². The van der Waals surface area contributed by atoms with Crippen molar-refractivity contribution < 1.29 is 14.5 Å². The van der Waals surface area contributed by atoms with Gasteiger partial charge in [-0.05, 0) is 58.8 Å².